The number of nitrogens with one attached hydrogen (secondary N) is 2. The monoisotopic (exact) mass is 449 g/mol. The second-order valence-corrected chi connectivity index (χ2v) is 7.81. The minimum Gasteiger partial charge on any atom is -0.352 e. The summed E-state index contributed by atoms with van der Waals surface area (Å²) in [7, 11) is 0. The minimum absolute atomic E-state index is 0.166. The van der Waals surface area contributed by atoms with Crippen LogP contribution in [0.2, 0.25) is 0 Å². The number of aryl methyl sites for hydroxylation is 1. The van der Waals surface area contributed by atoms with E-state index < -0.39 is 11.7 Å². The lowest BCUT2D eigenvalue weighted by atomic mass is 10.1. The zero-order valence-electron chi connectivity index (χ0n) is 17.9. The fourth-order valence-corrected chi connectivity index (χ4v) is 3.45. The molecule has 0 saturated carbocycles. The average Bonchev–Trinajstić information content (AvgIpc) is 3.30. The van der Waals surface area contributed by atoms with Gasteiger partial charge in [-0.25, -0.2) is 0 Å². The summed E-state index contributed by atoms with van der Waals surface area (Å²) < 4.78 is 38.9. The molecule has 1 aromatic heterocycles. The smallest absolute Gasteiger partial charge is 0.352 e. The maximum Gasteiger partial charge on any atom is 0.416 e. The summed E-state index contributed by atoms with van der Waals surface area (Å²) in [6.07, 6.45) is -3.66. The number of aromatic nitrogens is 2. The van der Waals surface area contributed by atoms with Crippen LogP contribution in [0.15, 0.2) is 78.9 Å². The van der Waals surface area contributed by atoms with Gasteiger partial charge < -0.3 is 5.32 Å². The Hall–Kier alpha value is -3.87. The number of rotatable bonds is 6. The number of alkyl halides is 3. The quantitative estimate of drug-likeness (QED) is 0.377. The normalized spacial score (nSPS) is 11.4. The number of H-pyrrole nitrogens is 1. The lowest BCUT2D eigenvalue weighted by Crippen LogP contribution is -2.25. The first-order chi connectivity index (χ1) is 15.8. The summed E-state index contributed by atoms with van der Waals surface area (Å²) in [4.78, 5) is 12.4. The van der Waals surface area contributed by atoms with E-state index >= 15 is 0 Å². The van der Waals surface area contributed by atoms with Gasteiger partial charge in [-0.1, -0.05) is 54.1 Å². The van der Waals surface area contributed by atoms with Crippen molar-refractivity contribution in [3.05, 3.63) is 101 Å². The first-order valence-corrected chi connectivity index (χ1v) is 10.5. The molecule has 0 saturated heterocycles. The predicted octanol–water partition coefficient (Wildman–Crippen LogP) is 6.04. The summed E-state index contributed by atoms with van der Waals surface area (Å²) >= 11 is 0. The SMILES string of the molecule is Cc1ccc(CCNC(=O)c2ccc(-c3cc(-c4cccc(C(F)(F)F)c4)[nH]n3)cc2)cc1. The van der Waals surface area contributed by atoms with E-state index in [9.17, 15) is 18.0 Å². The van der Waals surface area contributed by atoms with Crippen LogP contribution in [0.3, 0.4) is 0 Å². The molecule has 33 heavy (non-hydrogen) atoms. The van der Waals surface area contributed by atoms with Gasteiger partial charge in [-0.3, -0.25) is 9.89 Å². The highest BCUT2D eigenvalue weighted by molar-refractivity contribution is 5.94. The van der Waals surface area contributed by atoms with Crippen LogP contribution >= 0.6 is 0 Å². The summed E-state index contributed by atoms with van der Waals surface area (Å²) in [5, 5.41) is 9.91. The topological polar surface area (TPSA) is 57.8 Å². The fraction of sp³-hybridized carbons (Fsp3) is 0.154. The van der Waals surface area contributed by atoms with Gasteiger partial charge >= 0.3 is 6.18 Å². The molecule has 2 N–H and O–H groups in total. The molecule has 4 aromatic rings. The van der Waals surface area contributed by atoms with Crippen molar-refractivity contribution in [3.63, 3.8) is 0 Å². The van der Waals surface area contributed by atoms with Crippen LogP contribution in [0.25, 0.3) is 22.5 Å². The lowest BCUT2D eigenvalue weighted by molar-refractivity contribution is -0.137. The zero-order chi connectivity index (χ0) is 23.4. The number of nitrogens with zero attached hydrogens (tertiary/aromatic N) is 1. The second kappa shape index (κ2) is 9.32. The van der Waals surface area contributed by atoms with E-state index in [2.05, 4.69) is 15.5 Å². The summed E-state index contributed by atoms with van der Waals surface area (Å²) in [5.41, 5.74) is 4.37. The standard InChI is InChI=1S/C26H22F3N3O/c1-17-5-7-18(8-6-17)13-14-30-25(33)20-11-9-19(10-12-20)23-16-24(32-31-23)21-3-2-4-22(15-21)26(27,28)29/h2-12,15-16H,13-14H2,1H3,(H,30,33)(H,31,32). The summed E-state index contributed by atoms with van der Waals surface area (Å²) in [6, 6.07) is 21.9. The molecule has 4 nitrogen and oxygen atoms in total. The van der Waals surface area contributed by atoms with Crippen LogP contribution in [-0.2, 0) is 12.6 Å². The van der Waals surface area contributed by atoms with Crippen molar-refractivity contribution in [3.8, 4) is 22.5 Å². The summed E-state index contributed by atoms with van der Waals surface area (Å²) in [6.45, 7) is 2.56. The van der Waals surface area contributed by atoms with Crippen molar-refractivity contribution >= 4 is 5.91 Å². The summed E-state index contributed by atoms with van der Waals surface area (Å²) in [5.74, 6) is -0.166. The Bertz CT molecular complexity index is 1240. The minimum atomic E-state index is -4.41. The van der Waals surface area contributed by atoms with Crippen LogP contribution in [0.1, 0.15) is 27.0 Å². The Balaban J connectivity index is 1.40. The number of aromatic amines is 1. The van der Waals surface area contributed by atoms with Crippen molar-refractivity contribution < 1.29 is 18.0 Å². The van der Waals surface area contributed by atoms with Crippen LogP contribution in [0.5, 0.6) is 0 Å². The van der Waals surface area contributed by atoms with Gasteiger partial charge in [0.15, 0.2) is 0 Å². The fourth-order valence-electron chi connectivity index (χ4n) is 3.45. The van der Waals surface area contributed by atoms with Gasteiger partial charge in [0.25, 0.3) is 5.91 Å². The van der Waals surface area contributed by atoms with E-state index in [4.69, 9.17) is 0 Å². The first kappa shape index (κ1) is 22.3. The number of halogens is 3. The maximum absolute atomic E-state index is 13.0. The van der Waals surface area contributed by atoms with Crippen LogP contribution in [-0.4, -0.2) is 22.6 Å². The number of hydrogen-bond acceptors (Lipinski definition) is 2. The molecule has 0 bridgehead atoms. The van der Waals surface area contributed by atoms with Crippen molar-refractivity contribution in [2.75, 3.05) is 6.54 Å². The largest absolute Gasteiger partial charge is 0.416 e. The number of carbonyl (C=O) groups excluding carboxylic acids is 1. The van der Waals surface area contributed by atoms with Crippen molar-refractivity contribution in [2.45, 2.75) is 19.5 Å². The maximum atomic E-state index is 13.0. The van der Waals surface area contributed by atoms with E-state index in [1.165, 1.54) is 11.6 Å². The third-order valence-corrected chi connectivity index (χ3v) is 5.34. The molecule has 0 aliphatic heterocycles. The highest BCUT2D eigenvalue weighted by atomic mass is 19.4. The highest BCUT2D eigenvalue weighted by Gasteiger charge is 2.30. The van der Waals surface area contributed by atoms with Gasteiger partial charge in [0.05, 0.1) is 17.0 Å². The lowest BCUT2D eigenvalue weighted by Gasteiger charge is -2.07. The predicted molar refractivity (Wildman–Crippen MR) is 122 cm³/mol. The van der Waals surface area contributed by atoms with Crippen LogP contribution < -0.4 is 5.32 Å². The van der Waals surface area contributed by atoms with E-state index in [1.807, 2.05) is 31.2 Å². The number of benzene rings is 3. The van der Waals surface area contributed by atoms with E-state index in [1.54, 1.807) is 36.4 Å². The Morgan fingerprint density at radius 1 is 0.939 bits per heavy atom. The highest BCUT2D eigenvalue weighted by Crippen LogP contribution is 2.32. The van der Waals surface area contributed by atoms with Crippen molar-refractivity contribution in [1.82, 2.24) is 15.5 Å². The zero-order valence-corrected chi connectivity index (χ0v) is 17.9. The molecule has 0 atom stereocenters. The number of hydrogen-bond donors (Lipinski definition) is 2. The molecule has 0 radical (unpaired) electrons. The average molecular weight is 449 g/mol. The molecule has 4 rings (SSSR count). The molecule has 3 aromatic carbocycles. The van der Waals surface area contributed by atoms with Crippen LogP contribution in [0, 0.1) is 6.92 Å². The Morgan fingerprint density at radius 3 is 2.36 bits per heavy atom. The van der Waals surface area contributed by atoms with E-state index in [0.717, 1.165) is 29.7 Å². The van der Waals surface area contributed by atoms with Crippen LogP contribution in [0.4, 0.5) is 13.2 Å². The first-order valence-electron chi connectivity index (χ1n) is 10.5. The van der Waals surface area contributed by atoms with Crippen molar-refractivity contribution in [2.24, 2.45) is 0 Å². The molecule has 0 spiro atoms. The van der Waals surface area contributed by atoms with E-state index in [0.29, 0.717) is 29.1 Å². The molecular weight excluding hydrogens is 427 g/mol. The Kier molecular flexibility index (Phi) is 6.31. The molecule has 1 amide bonds. The molecule has 7 heteroatoms. The molecule has 0 aliphatic rings. The Labute approximate surface area is 189 Å². The van der Waals surface area contributed by atoms with E-state index in [-0.39, 0.29) is 5.91 Å². The Morgan fingerprint density at radius 2 is 1.67 bits per heavy atom. The van der Waals surface area contributed by atoms with Gasteiger partial charge in [-0.15, -0.1) is 0 Å². The number of carbonyl (C=O) groups is 1. The van der Waals surface area contributed by atoms with Crippen molar-refractivity contribution in [1.29, 1.82) is 0 Å². The van der Waals surface area contributed by atoms with Gasteiger partial charge in [0, 0.05) is 23.2 Å². The third kappa shape index (κ3) is 5.49. The molecule has 0 aliphatic carbocycles. The molecule has 1 heterocycles. The number of amides is 1. The molecule has 0 fully saturated rings. The van der Waals surface area contributed by atoms with Gasteiger partial charge in [-0.2, -0.15) is 18.3 Å². The molecule has 0 unspecified atom stereocenters. The third-order valence-electron chi connectivity index (χ3n) is 5.34. The van der Waals surface area contributed by atoms with Gasteiger partial charge in [0.2, 0.25) is 0 Å². The molecule has 168 valence electrons. The van der Waals surface area contributed by atoms with Gasteiger partial charge in [-0.05, 0) is 49.2 Å². The molecular formula is C26H22F3N3O. The van der Waals surface area contributed by atoms with Gasteiger partial charge in [0.1, 0.15) is 0 Å². The second-order valence-electron chi connectivity index (χ2n) is 7.81.